The molecule has 0 aliphatic heterocycles. The van der Waals surface area contributed by atoms with Gasteiger partial charge in [0.15, 0.2) is 0 Å². The zero-order valence-corrected chi connectivity index (χ0v) is 6.91. The van der Waals surface area contributed by atoms with Crippen LogP contribution < -0.4 is 5.32 Å². The molecule has 0 aromatic heterocycles. The van der Waals surface area contributed by atoms with E-state index in [1.54, 1.807) is 27.8 Å². The van der Waals surface area contributed by atoms with Gasteiger partial charge < -0.3 is 5.32 Å². The summed E-state index contributed by atoms with van der Waals surface area (Å²) in [5.74, 6) is 0. The molecule has 0 spiro atoms. The number of halogens is 2. The van der Waals surface area contributed by atoms with E-state index in [9.17, 15) is 8.78 Å². The molecule has 0 rings (SSSR count). The summed E-state index contributed by atoms with van der Waals surface area (Å²) >= 11 is 0. The zero-order valence-electron chi connectivity index (χ0n) is 6.91. The third kappa shape index (κ3) is 2.60. The summed E-state index contributed by atoms with van der Waals surface area (Å²) in [4.78, 5) is 0. The molecule has 0 bridgehead atoms. The van der Waals surface area contributed by atoms with Gasteiger partial charge in [-0.15, -0.1) is 0 Å². The minimum Gasteiger partial charge on any atom is -0.312 e. The van der Waals surface area contributed by atoms with Crippen molar-refractivity contribution in [1.29, 1.82) is 0 Å². The molecule has 1 atom stereocenters. The van der Waals surface area contributed by atoms with Crippen molar-refractivity contribution in [3.63, 3.8) is 0 Å². The van der Waals surface area contributed by atoms with Crippen molar-refractivity contribution in [2.75, 3.05) is 7.05 Å². The molecule has 0 aliphatic carbocycles. The monoisotopic (exact) mass is 151 g/mol. The van der Waals surface area contributed by atoms with Gasteiger partial charge in [-0.1, -0.05) is 20.8 Å². The predicted octanol–water partition coefficient (Wildman–Crippen LogP) is 1.89. The predicted molar refractivity (Wildman–Crippen MR) is 38.3 cm³/mol. The lowest BCUT2D eigenvalue weighted by Crippen LogP contribution is -2.43. The van der Waals surface area contributed by atoms with E-state index < -0.39 is 12.5 Å². The number of rotatable bonds is 2. The van der Waals surface area contributed by atoms with Gasteiger partial charge in [-0.05, 0) is 12.5 Å². The molecule has 0 radical (unpaired) electrons. The van der Waals surface area contributed by atoms with Crippen molar-refractivity contribution in [3.05, 3.63) is 0 Å². The molecule has 0 fully saturated rings. The molecule has 0 saturated heterocycles. The number of nitrogens with one attached hydrogen (secondary N) is 1. The van der Waals surface area contributed by atoms with Crippen LogP contribution in [0.1, 0.15) is 20.8 Å². The van der Waals surface area contributed by atoms with Crippen molar-refractivity contribution in [2.24, 2.45) is 5.41 Å². The molecule has 62 valence electrons. The smallest absolute Gasteiger partial charge is 0.254 e. The van der Waals surface area contributed by atoms with Crippen molar-refractivity contribution in [1.82, 2.24) is 5.32 Å². The maximum Gasteiger partial charge on any atom is 0.254 e. The maximum absolute atomic E-state index is 12.1. The quantitative estimate of drug-likeness (QED) is 0.635. The Morgan fingerprint density at radius 1 is 1.20 bits per heavy atom. The molecule has 1 unspecified atom stereocenters. The summed E-state index contributed by atoms with van der Waals surface area (Å²) in [5, 5.41) is 2.59. The summed E-state index contributed by atoms with van der Waals surface area (Å²) in [7, 11) is 1.56. The molecule has 0 saturated carbocycles. The lowest BCUT2D eigenvalue weighted by Gasteiger charge is -2.29. The molecule has 0 aromatic carbocycles. The molecule has 0 amide bonds. The Kier molecular flexibility index (Phi) is 3.22. The van der Waals surface area contributed by atoms with Gasteiger partial charge in [0, 0.05) is 0 Å². The van der Waals surface area contributed by atoms with E-state index in [2.05, 4.69) is 5.32 Å². The summed E-state index contributed by atoms with van der Waals surface area (Å²) in [6.45, 7) is 5.38. The van der Waals surface area contributed by atoms with E-state index in [4.69, 9.17) is 0 Å². The van der Waals surface area contributed by atoms with Crippen LogP contribution in [0, 0.1) is 5.41 Å². The Hall–Kier alpha value is -0.180. The summed E-state index contributed by atoms with van der Waals surface area (Å²) < 4.78 is 24.3. The molecular weight excluding hydrogens is 136 g/mol. The fourth-order valence-electron chi connectivity index (χ4n) is 0.937. The van der Waals surface area contributed by atoms with Gasteiger partial charge in [-0.3, -0.25) is 0 Å². The van der Waals surface area contributed by atoms with Gasteiger partial charge in [-0.25, -0.2) is 8.78 Å². The summed E-state index contributed by atoms with van der Waals surface area (Å²) in [5.41, 5.74) is -0.372. The van der Waals surface area contributed by atoms with Crippen LogP contribution in [0.25, 0.3) is 0 Å². The van der Waals surface area contributed by atoms with Crippen LogP contribution in [0.3, 0.4) is 0 Å². The Morgan fingerprint density at radius 2 is 1.60 bits per heavy atom. The minimum absolute atomic E-state index is 0.372. The van der Waals surface area contributed by atoms with Crippen molar-refractivity contribution in [3.8, 4) is 0 Å². The number of hydrogen-bond acceptors (Lipinski definition) is 1. The Morgan fingerprint density at radius 3 is 1.60 bits per heavy atom. The Bertz CT molecular complexity index is 96.3. The van der Waals surface area contributed by atoms with E-state index in [0.717, 1.165) is 0 Å². The standard InChI is InChI=1S/C7H15F2N/c1-7(2,3)5(10-4)6(8)9/h5-6,10H,1-4H3. The second-order valence-corrected chi connectivity index (χ2v) is 3.47. The van der Waals surface area contributed by atoms with Gasteiger partial charge in [0.2, 0.25) is 0 Å². The largest absolute Gasteiger partial charge is 0.312 e. The first-order valence-electron chi connectivity index (χ1n) is 3.35. The van der Waals surface area contributed by atoms with Gasteiger partial charge in [0.25, 0.3) is 6.43 Å². The molecule has 1 N–H and O–H groups in total. The highest BCUT2D eigenvalue weighted by molar-refractivity contribution is 4.80. The van der Waals surface area contributed by atoms with Crippen molar-refractivity contribution in [2.45, 2.75) is 33.2 Å². The lowest BCUT2D eigenvalue weighted by atomic mass is 9.87. The molecular formula is C7H15F2N. The molecule has 1 nitrogen and oxygen atoms in total. The van der Waals surface area contributed by atoms with Gasteiger partial charge in [0.1, 0.15) is 0 Å². The highest BCUT2D eigenvalue weighted by Gasteiger charge is 2.30. The molecule has 0 aliphatic rings. The first kappa shape index (κ1) is 9.82. The van der Waals surface area contributed by atoms with Gasteiger partial charge in [-0.2, -0.15) is 0 Å². The van der Waals surface area contributed by atoms with E-state index in [0.29, 0.717) is 0 Å². The van der Waals surface area contributed by atoms with E-state index in [1.807, 2.05) is 0 Å². The van der Waals surface area contributed by atoms with Gasteiger partial charge >= 0.3 is 0 Å². The Labute approximate surface area is 60.8 Å². The van der Waals surface area contributed by atoms with Crippen LogP contribution in [0.5, 0.6) is 0 Å². The third-order valence-electron chi connectivity index (χ3n) is 1.50. The topological polar surface area (TPSA) is 12.0 Å². The van der Waals surface area contributed by atoms with Crippen LogP contribution >= 0.6 is 0 Å². The third-order valence-corrected chi connectivity index (χ3v) is 1.50. The SMILES string of the molecule is CNC(C(F)F)C(C)(C)C. The number of alkyl halides is 2. The van der Waals surface area contributed by atoms with Crippen LogP contribution in [-0.4, -0.2) is 19.5 Å². The fraction of sp³-hybridized carbons (Fsp3) is 1.00. The fourth-order valence-corrected chi connectivity index (χ4v) is 0.937. The van der Waals surface area contributed by atoms with Crippen LogP contribution in [0.2, 0.25) is 0 Å². The van der Waals surface area contributed by atoms with E-state index in [1.165, 1.54) is 0 Å². The molecule has 0 heterocycles. The molecule has 3 heteroatoms. The molecule has 10 heavy (non-hydrogen) atoms. The second-order valence-electron chi connectivity index (χ2n) is 3.47. The minimum atomic E-state index is -2.29. The highest BCUT2D eigenvalue weighted by atomic mass is 19.3. The van der Waals surface area contributed by atoms with Crippen LogP contribution in [0.15, 0.2) is 0 Å². The first-order chi connectivity index (χ1) is 4.39. The second kappa shape index (κ2) is 3.28. The van der Waals surface area contributed by atoms with Gasteiger partial charge in [0.05, 0.1) is 6.04 Å². The van der Waals surface area contributed by atoms with Crippen LogP contribution in [-0.2, 0) is 0 Å². The van der Waals surface area contributed by atoms with Crippen LogP contribution in [0.4, 0.5) is 8.78 Å². The number of hydrogen-bond donors (Lipinski definition) is 1. The Balaban J connectivity index is 4.07. The summed E-state index contributed by atoms with van der Waals surface area (Å²) in [6, 6.07) is -0.715. The maximum atomic E-state index is 12.1. The average Bonchev–Trinajstić information content (AvgIpc) is 1.60. The van der Waals surface area contributed by atoms with E-state index in [-0.39, 0.29) is 5.41 Å². The van der Waals surface area contributed by atoms with Crippen molar-refractivity contribution >= 4 is 0 Å². The van der Waals surface area contributed by atoms with Crippen molar-refractivity contribution < 1.29 is 8.78 Å². The van der Waals surface area contributed by atoms with E-state index >= 15 is 0 Å². The first-order valence-corrected chi connectivity index (χ1v) is 3.35. The lowest BCUT2D eigenvalue weighted by molar-refractivity contribution is 0.0491. The summed E-state index contributed by atoms with van der Waals surface area (Å²) in [6.07, 6.45) is -2.29. The highest BCUT2D eigenvalue weighted by Crippen LogP contribution is 2.23. The molecule has 0 aromatic rings. The average molecular weight is 151 g/mol. The zero-order chi connectivity index (χ0) is 8.36. The normalized spacial score (nSPS) is 15.9.